The van der Waals surface area contributed by atoms with Gasteiger partial charge in [0.05, 0.1) is 0 Å². The SMILES string of the molecule is CC1CCCNC1CC(=O)N(Cc1ccccc1)C(C)C. The number of carbonyl (C=O) groups excluding carboxylic acids is 1. The van der Waals surface area contributed by atoms with Gasteiger partial charge in [-0.05, 0) is 44.7 Å². The van der Waals surface area contributed by atoms with Crippen molar-refractivity contribution in [3.8, 4) is 0 Å². The van der Waals surface area contributed by atoms with Gasteiger partial charge in [0.2, 0.25) is 5.91 Å². The van der Waals surface area contributed by atoms with E-state index in [0.717, 1.165) is 6.54 Å². The second-order valence-corrected chi connectivity index (χ2v) is 6.49. The Kier molecular flexibility index (Phi) is 5.80. The molecular formula is C18H28N2O. The number of hydrogen-bond acceptors (Lipinski definition) is 2. The van der Waals surface area contributed by atoms with E-state index in [2.05, 4.69) is 38.2 Å². The summed E-state index contributed by atoms with van der Waals surface area (Å²) in [6, 6.07) is 10.8. The molecule has 0 aromatic heterocycles. The van der Waals surface area contributed by atoms with Crippen LogP contribution in [0.3, 0.4) is 0 Å². The van der Waals surface area contributed by atoms with Gasteiger partial charge in [0.15, 0.2) is 0 Å². The number of nitrogens with zero attached hydrogens (tertiary/aromatic N) is 1. The minimum Gasteiger partial charge on any atom is -0.336 e. The third-order valence-electron chi connectivity index (χ3n) is 4.46. The fourth-order valence-electron chi connectivity index (χ4n) is 3.03. The highest BCUT2D eigenvalue weighted by molar-refractivity contribution is 5.77. The number of amides is 1. The first kappa shape index (κ1) is 16.0. The van der Waals surface area contributed by atoms with E-state index in [1.54, 1.807) is 0 Å². The highest BCUT2D eigenvalue weighted by Crippen LogP contribution is 2.20. The number of carbonyl (C=O) groups is 1. The van der Waals surface area contributed by atoms with Gasteiger partial charge in [-0.3, -0.25) is 4.79 Å². The van der Waals surface area contributed by atoms with E-state index in [1.807, 2.05) is 23.1 Å². The van der Waals surface area contributed by atoms with Gasteiger partial charge < -0.3 is 10.2 Å². The van der Waals surface area contributed by atoms with Gasteiger partial charge in [0, 0.05) is 25.0 Å². The first-order valence-electron chi connectivity index (χ1n) is 8.14. The van der Waals surface area contributed by atoms with Crippen LogP contribution in [0.25, 0.3) is 0 Å². The van der Waals surface area contributed by atoms with Crippen LogP contribution in [0.5, 0.6) is 0 Å². The van der Waals surface area contributed by atoms with Crippen molar-refractivity contribution in [3.05, 3.63) is 35.9 Å². The molecule has 1 aliphatic heterocycles. The number of piperidine rings is 1. The van der Waals surface area contributed by atoms with Gasteiger partial charge in [-0.1, -0.05) is 37.3 Å². The van der Waals surface area contributed by atoms with Crippen molar-refractivity contribution in [1.29, 1.82) is 0 Å². The maximum Gasteiger partial charge on any atom is 0.224 e. The smallest absolute Gasteiger partial charge is 0.224 e. The lowest BCUT2D eigenvalue weighted by Crippen LogP contribution is -2.45. The zero-order valence-electron chi connectivity index (χ0n) is 13.5. The predicted molar refractivity (Wildman–Crippen MR) is 86.9 cm³/mol. The molecule has 2 unspecified atom stereocenters. The standard InChI is InChI=1S/C18H28N2O/c1-14(2)20(13-16-9-5-4-6-10-16)18(21)12-17-15(3)8-7-11-19-17/h4-6,9-10,14-15,17,19H,7-8,11-13H2,1-3H3. The Morgan fingerprint density at radius 2 is 2.05 bits per heavy atom. The van der Waals surface area contributed by atoms with Crippen LogP contribution in [0.1, 0.15) is 45.6 Å². The van der Waals surface area contributed by atoms with E-state index in [0.29, 0.717) is 24.9 Å². The van der Waals surface area contributed by atoms with Gasteiger partial charge in [-0.25, -0.2) is 0 Å². The van der Waals surface area contributed by atoms with Gasteiger partial charge in [0.25, 0.3) is 0 Å². The lowest BCUT2D eigenvalue weighted by Gasteiger charge is -2.33. The molecule has 1 fully saturated rings. The van der Waals surface area contributed by atoms with Gasteiger partial charge >= 0.3 is 0 Å². The number of nitrogens with one attached hydrogen (secondary N) is 1. The van der Waals surface area contributed by atoms with Crippen LogP contribution >= 0.6 is 0 Å². The molecule has 3 nitrogen and oxygen atoms in total. The summed E-state index contributed by atoms with van der Waals surface area (Å²) in [5.41, 5.74) is 1.20. The zero-order valence-corrected chi connectivity index (χ0v) is 13.5. The van der Waals surface area contributed by atoms with Crippen LogP contribution in [0, 0.1) is 5.92 Å². The lowest BCUT2D eigenvalue weighted by atomic mass is 9.90. The molecular weight excluding hydrogens is 260 g/mol. The molecule has 1 N–H and O–H groups in total. The zero-order chi connectivity index (χ0) is 15.2. The highest BCUT2D eigenvalue weighted by atomic mass is 16.2. The molecule has 0 spiro atoms. The monoisotopic (exact) mass is 288 g/mol. The molecule has 0 aliphatic carbocycles. The molecule has 2 atom stereocenters. The minimum atomic E-state index is 0.233. The lowest BCUT2D eigenvalue weighted by molar-refractivity contribution is -0.134. The Morgan fingerprint density at radius 3 is 2.67 bits per heavy atom. The van der Waals surface area contributed by atoms with Crippen molar-refractivity contribution >= 4 is 5.91 Å². The Hall–Kier alpha value is -1.35. The van der Waals surface area contributed by atoms with E-state index in [9.17, 15) is 4.79 Å². The van der Waals surface area contributed by atoms with Gasteiger partial charge in [-0.2, -0.15) is 0 Å². The summed E-state index contributed by atoms with van der Waals surface area (Å²) in [6.45, 7) is 8.19. The molecule has 3 heteroatoms. The molecule has 0 saturated carbocycles. The Bertz CT molecular complexity index is 444. The Balaban J connectivity index is 1.98. The van der Waals surface area contributed by atoms with E-state index in [4.69, 9.17) is 0 Å². The summed E-state index contributed by atoms with van der Waals surface area (Å²) in [7, 11) is 0. The molecule has 1 heterocycles. The normalized spacial score (nSPS) is 22.3. The third kappa shape index (κ3) is 4.57. The van der Waals surface area contributed by atoms with Gasteiger partial charge in [0.1, 0.15) is 0 Å². The van der Waals surface area contributed by atoms with Gasteiger partial charge in [-0.15, -0.1) is 0 Å². The van der Waals surface area contributed by atoms with Crippen molar-refractivity contribution in [2.45, 2.75) is 58.7 Å². The van der Waals surface area contributed by atoms with Crippen LogP contribution in [-0.2, 0) is 11.3 Å². The van der Waals surface area contributed by atoms with E-state index in [-0.39, 0.29) is 11.9 Å². The highest BCUT2D eigenvalue weighted by Gasteiger charge is 2.26. The minimum absolute atomic E-state index is 0.233. The topological polar surface area (TPSA) is 32.3 Å². The second kappa shape index (κ2) is 7.60. The van der Waals surface area contributed by atoms with Crippen LogP contribution in [0.2, 0.25) is 0 Å². The molecule has 1 aromatic rings. The summed E-state index contributed by atoms with van der Waals surface area (Å²) >= 11 is 0. The summed E-state index contributed by atoms with van der Waals surface area (Å²) in [5, 5.41) is 3.51. The second-order valence-electron chi connectivity index (χ2n) is 6.49. The molecule has 1 aromatic carbocycles. The van der Waals surface area contributed by atoms with E-state index in [1.165, 1.54) is 18.4 Å². The van der Waals surface area contributed by atoms with Crippen molar-refractivity contribution in [3.63, 3.8) is 0 Å². The summed E-state index contributed by atoms with van der Waals surface area (Å²) in [4.78, 5) is 14.7. The summed E-state index contributed by atoms with van der Waals surface area (Å²) < 4.78 is 0. The maximum atomic E-state index is 12.7. The van der Waals surface area contributed by atoms with Crippen molar-refractivity contribution < 1.29 is 4.79 Å². The average Bonchev–Trinajstić information content (AvgIpc) is 2.48. The van der Waals surface area contributed by atoms with Crippen molar-refractivity contribution in [1.82, 2.24) is 10.2 Å². The summed E-state index contributed by atoms with van der Waals surface area (Å²) in [5.74, 6) is 0.855. The fraction of sp³-hybridized carbons (Fsp3) is 0.611. The summed E-state index contributed by atoms with van der Waals surface area (Å²) in [6.07, 6.45) is 3.07. The van der Waals surface area contributed by atoms with Crippen LogP contribution in [0.15, 0.2) is 30.3 Å². The number of hydrogen-bond donors (Lipinski definition) is 1. The maximum absolute atomic E-state index is 12.7. The molecule has 1 saturated heterocycles. The Labute approximate surface area is 128 Å². The van der Waals surface area contributed by atoms with Crippen LogP contribution in [0.4, 0.5) is 0 Å². The molecule has 2 rings (SSSR count). The predicted octanol–water partition coefficient (Wildman–Crippen LogP) is 3.20. The number of rotatable bonds is 5. The quantitative estimate of drug-likeness (QED) is 0.902. The van der Waals surface area contributed by atoms with E-state index >= 15 is 0 Å². The molecule has 0 radical (unpaired) electrons. The molecule has 0 bridgehead atoms. The average molecular weight is 288 g/mol. The first-order chi connectivity index (χ1) is 10.1. The van der Waals surface area contributed by atoms with Crippen LogP contribution in [-0.4, -0.2) is 29.4 Å². The Morgan fingerprint density at radius 1 is 1.33 bits per heavy atom. The largest absolute Gasteiger partial charge is 0.336 e. The van der Waals surface area contributed by atoms with E-state index < -0.39 is 0 Å². The van der Waals surface area contributed by atoms with Crippen molar-refractivity contribution in [2.75, 3.05) is 6.54 Å². The molecule has 1 amide bonds. The first-order valence-corrected chi connectivity index (χ1v) is 8.14. The third-order valence-corrected chi connectivity index (χ3v) is 4.46. The van der Waals surface area contributed by atoms with Crippen molar-refractivity contribution in [2.24, 2.45) is 5.92 Å². The molecule has 1 aliphatic rings. The molecule has 21 heavy (non-hydrogen) atoms. The van der Waals surface area contributed by atoms with Crippen LogP contribution < -0.4 is 5.32 Å². The fourth-order valence-corrected chi connectivity index (χ4v) is 3.03. The molecule has 116 valence electrons. The number of benzene rings is 1.